The summed E-state index contributed by atoms with van der Waals surface area (Å²) in [6, 6.07) is -10.5. The Balaban J connectivity index is 6.47. The lowest BCUT2D eigenvalue weighted by Gasteiger charge is -2.42. The van der Waals surface area contributed by atoms with Crippen LogP contribution in [0.5, 0.6) is 0 Å². The van der Waals surface area contributed by atoms with Gasteiger partial charge in [0.05, 0.1) is 67.8 Å². The molecule has 0 saturated carbocycles. The third-order valence-electron chi connectivity index (χ3n) is 19.2. The van der Waals surface area contributed by atoms with Crippen LogP contribution in [0.2, 0.25) is 0 Å². The molecule has 4 unspecified atom stereocenters. The lowest BCUT2D eigenvalue weighted by molar-refractivity contribution is -0.157. The van der Waals surface area contributed by atoms with Crippen molar-refractivity contribution in [1.29, 1.82) is 0 Å². The van der Waals surface area contributed by atoms with Crippen molar-refractivity contribution in [3.63, 3.8) is 0 Å². The quantitative estimate of drug-likeness (QED) is 0.0104. The summed E-state index contributed by atoms with van der Waals surface area (Å²) in [5, 5.41) is 44.7. The fraction of sp³-hybridized carbons (Fsp3) is 0.821. The third kappa shape index (κ3) is 59.5. The Hall–Kier alpha value is -7.19. The highest BCUT2D eigenvalue weighted by atomic mass is 32.2. The molecule has 114 heavy (non-hydrogen) atoms. The Morgan fingerprint density at radius 3 is 1.09 bits per heavy atom. The summed E-state index contributed by atoms with van der Waals surface area (Å²) in [7, 11) is 0. The maximum absolute atomic E-state index is 13.9. The second kappa shape index (κ2) is 72.3. The number of unbranched alkanes of at least 4 members (excludes halogenated alkanes) is 25. The Morgan fingerprint density at radius 2 is 0.746 bits per heavy atom. The molecule has 0 radical (unpaired) electrons. The maximum atomic E-state index is 13.9. The molecule has 35 nitrogen and oxygen atoms in total. The summed E-state index contributed by atoms with van der Waals surface area (Å²) in [5.41, 5.74) is 51.0. The van der Waals surface area contributed by atoms with Crippen LogP contribution in [-0.4, -0.2) is 232 Å². The lowest BCUT2D eigenvalue weighted by atomic mass is 9.99. The number of ether oxygens (including phenoxy) is 2. The van der Waals surface area contributed by atoms with Gasteiger partial charge in [0, 0.05) is 57.1 Å². The summed E-state index contributed by atoms with van der Waals surface area (Å²) in [6.45, 7) is 4.35. The Morgan fingerprint density at radius 1 is 0.404 bits per heavy atom. The molecule has 0 aliphatic heterocycles. The van der Waals surface area contributed by atoms with Gasteiger partial charge in [-0.2, -0.15) is 11.8 Å². The summed E-state index contributed by atoms with van der Waals surface area (Å²) >= 11 is 1.17. The predicted molar refractivity (Wildman–Crippen MR) is 452 cm³/mol. The van der Waals surface area contributed by atoms with Crippen LogP contribution in [0.4, 0.5) is 0 Å². The van der Waals surface area contributed by atoms with Crippen molar-refractivity contribution in [2.45, 2.75) is 344 Å². The molecular weight excluding hydrogens is 1490 g/mol. The third-order valence-corrected chi connectivity index (χ3v) is 20.4. The number of guanidine groups is 4. The van der Waals surface area contributed by atoms with Crippen LogP contribution in [0, 0.1) is 0 Å². The van der Waals surface area contributed by atoms with Crippen LogP contribution < -0.4 is 94.1 Å². The fourth-order valence-electron chi connectivity index (χ4n) is 12.6. The largest absolute Gasteiger partial charge is 0.462 e. The first-order valence-electron chi connectivity index (χ1n) is 42.0. The van der Waals surface area contributed by atoms with Gasteiger partial charge in [-0.05, 0) is 90.4 Å². The van der Waals surface area contributed by atoms with Crippen molar-refractivity contribution in [2.24, 2.45) is 71.6 Å². The van der Waals surface area contributed by atoms with E-state index in [1.54, 1.807) is 0 Å². The number of aliphatic hydroxyl groups is 2. The highest BCUT2D eigenvalue weighted by Crippen LogP contribution is 2.19. The number of aldehydes is 4. The monoisotopic (exact) mass is 1640 g/mol. The zero-order chi connectivity index (χ0) is 84.8. The number of carbonyl (C=O) groups is 10. The average molecular weight is 1640 g/mol. The number of hydrogen-bond donors (Lipinski definition) is 19. The van der Waals surface area contributed by atoms with Crippen LogP contribution in [0.3, 0.4) is 0 Å². The van der Waals surface area contributed by atoms with Crippen molar-refractivity contribution in [3.8, 4) is 0 Å². The topological polar surface area (TPSA) is 609 Å². The van der Waals surface area contributed by atoms with Crippen molar-refractivity contribution in [2.75, 3.05) is 64.1 Å². The molecule has 0 aliphatic carbocycles. The highest BCUT2D eigenvalue weighted by Gasteiger charge is 2.38. The molecule has 36 heteroatoms. The van der Waals surface area contributed by atoms with E-state index < -0.39 is 116 Å². The van der Waals surface area contributed by atoms with Gasteiger partial charge in [-0.1, -0.05) is 168 Å². The molecule has 0 saturated heterocycles. The van der Waals surface area contributed by atoms with Gasteiger partial charge in [0.15, 0.2) is 23.8 Å². The number of rotatable bonds is 80. The maximum Gasteiger partial charge on any atom is 0.306 e. The van der Waals surface area contributed by atoms with E-state index in [9.17, 15) is 58.2 Å². The Kier molecular flexibility index (Phi) is 67.7. The van der Waals surface area contributed by atoms with Gasteiger partial charge in [-0.3, -0.25) is 75.3 Å². The number of nitrogens with zero attached hydrogens (tertiary/aromatic N) is 4. The SMILES string of the molecule is CCCCCCCCCCCCCCCC(=O)OCC(CSCC(N)C(=O)N[C@@H](CO)C(=O)NC(CO)C(=O)NCCCCC(NC(C(N[C@H](C=O)CCCN=C(N)N)N[C@H](C=O)CCCN=C(N)N)C(N[C@H](C=O)CCCN=C(N)N)N[C@H](C=O)CCCN=C(N)N)C(C)=O)OC(=O)CCCCCCCCCCCCCCC. The van der Waals surface area contributed by atoms with Gasteiger partial charge >= 0.3 is 11.9 Å². The lowest BCUT2D eigenvalue weighted by Crippen LogP contribution is -2.72. The van der Waals surface area contributed by atoms with E-state index in [2.05, 4.69) is 76.4 Å². The summed E-state index contributed by atoms with van der Waals surface area (Å²) in [5.74, 6) is -4.44. The number of aliphatic hydroxyl groups excluding tert-OH is 2. The van der Waals surface area contributed by atoms with E-state index >= 15 is 0 Å². The normalized spacial score (nSPS) is 13.7. The van der Waals surface area contributed by atoms with Crippen LogP contribution in [-0.2, 0) is 57.4 Å². The molecule has 0 bridgehead atoms. The highest BCUT2D eigenvalue weighted by molar-refractivity contribution is 7.99. The molecule has 0 spiro atoms. The van der Waals surface area contributed by atoms with Gasteiger partial charge < -0.3 is 106 Å². The van der Waals surface area contributed by atoms with Gasteiger partial charge in [0.1, 0.15) is 55.7 Å². The Labute approximate surface area is 682 Å². The molecule has 0 aromatic carbocycles. The van der Waals surface area contributed by atoms with Gasteiger partial charge in [-0.25, -0.2) is 0 Å². The second-order valence-corrected chi connectivity index (χ2v) is 30.5. The molecule has 3 amide bonds. The number of esters is 2. The summed E-state index contributed by atoms with van der Waals surface area (Å²) in [6.07, 6.45) is 32.5. The molecule has 0 aromatic rings. The minimum atomic E-state index is -1.61. The second-order valence-electron chi connectivity index (χ2n) is 29.4. The number of carbonyl (C=O) groups excluding carboxylic acids is 10. The molecule has 658 valence electrons. The molecule has 28 N–H and O–H groups in total. The van der Waals surface area contributed by atoms with Gasteiger partial charge in [-0.15, -0.1) is 0 Å². The number of nitrogens with two attached hydrogens (primary N) is 9. The van der Waals surface area contributed by atoms with E-state index in [-0.39, 0.29) is 138 Å². The first-order valence-corrected chi connectivity index (χ1v) is 43.2. The molecule has 9 atom stereocenters. The minimum Gasteiger partial charge on any atom is -0.462 e. The van der Waals surface area contributed by atoms with E-state index in [4.69, 9.17) is 61.1 Å². The number of ketones is 1. The zero-order valence-electron chi connectivity index (χ0n) is 69.1. The standard InChI is InChI=1S/C78H151N21O14S/c1-4-6-8-10-12-14-16-18-20-22-24-26-28-41-67(107)112-54-62(113-68(108)42-29-27-25-23-21-19-17-15-13-11-9-7-5-2)55-114-56-63(79)72(109)98-66(53-105)74(111)99-65(52-104)73(110)88-43-31-30-40-64(57(3)106)97-69(70(93-58(48-100)36-32-44-89-75(80)81)94-59(49-101)37-33-45-90-76(82)83)71(95-60(50-102)38-34-46-91-77(84)85)96-61(51-103)39-35-47-92-78(86)87/h48-51,58-66,69-71,93-97,104-105H,4-47,52-56,79H2,1-3H3,(H,88,110)(H,98,109)(H,99,111)(H4,80,81,89)(H4,82,83,90)(H4,84,85,91)(H4,86,87,92)/t58-,59-,60-,61-,62?,63?,64?,65?,66-/m0/s1. The number of aliphatic imine (C=N–C) groups is 4. The number of hydrogen-bond acceptors (Lipinski definition) is 25. The van der Waals surface area contributed by atoms with Crippen LogP contribution in [0.15, 0.2) is 20.0 Å². The molecule has 0 aliphatic rings. The fourth-order valence-corrected chi connectivity index (χ4v) is 13.6. The van der Waals surface area contributed by atoms with Crippen molar-refractivity contribution >= 4 is 96.2 Å². The predicted octanol–water partition coefficient (Wildman–Crippen LogP) is 2.12. The van der Waals surface area contributed by atoms with Crippen molar-refractivity contribution in [3.05, 3.63) is 0 Å². The van der Waals surface area contributed by atoms with Crippen LogP contribution >= 0.6 is 11.8 Å². The first-order chi connectivity index (χ1) is 54.9. The molecule has 0 rings (SSSR count). The number of nitrogens with one attached hydrogen (secondary N) is 8. The average Bonchev–Trinajstić information content (AvgIpc) is 0.830. The van der Waals surface area contributed by atoms with E-state index in [1.165, 1.54) is 134 Å². The minimum absolute atomic E-state index is 0.0331. The van der Waals surface area contributed by atoms with E-state index in [0.717, 1.165) is 38.5 Å². The smallest absolute Gasteiger partial charge is 0.306 e. The zero-order valence-corrected chi connectivity index (χ0v) is 69.9. The van der Waals surface area contributed by atoms with Crippen LogP contribution in [0.25, 0.3) is 0 Å². The summed E-state index contributed by atoms with van der Waals surface area (Å²) < 4.78 is 11.5. The number of Topliss-reactive ketones (excluding diaryl/α,β-unsaturated/α-hetero) is 1. The number of amides is 3. The van der Waals surface area contributed by atoms with Gasteiger partial charge in [0.2, 0.25) is 17.7 Å². The first kappa shape index (κ1) is 107. The van der Waals surface area contributed by atoms with Crippen molar-refractivity contribution in [1.82, 2.24) is 42.5 Å². The molecule has 0 aromatic heterocycles. The Bertz CT molecular complexity index is 2540. The number of thioether (sulfide) groups is 1. The van der Waals surface area contributed by atoms with Crippen LogP contribution in [0.1, 0.15) is 271 Å². The van der Waals surface area contributed by atoms with Crippen molar-refractivity contribution < 1.29 is 67.6 Å². The van der Waals surface area contributed by atoms with E-state index in [1.807, 2.05) is 0 Å². The molecule has 0 fully saturated rings. The van der Waals surface area contributed by atoms with Gasteiger partial charge in [0.25, 0.3) is 0 Å². The molecular formula is C78H151N21O14S. The molecule has 0 heterocycles. The summed E-state index contributed by atoms with van der Waals surface area (Å²) in [4.78, 5) is 149. The van der Waals surface area contributed by atoms with E-state index in [0.29, 0.717) is 63.7 Å².